The minimum absolute atomic E-state index is 0.0116. The minimum Gasteiger partial charge on any atom is -0.486 e. The number of ether oxygens (including phenoxy) is 1. The van der Waals surface area contributed by atoms with Crippen molar-refractivity contribution in [2.75, 3.05) is 6.61 Å². The molecule has 0 aliphatic heterocycles. The smallest absolute Gasteiger partial charge is 0.335 e. The molecule has 1 aromatic rings. The second kappa shape index (κ2) is 5.06. The number of aromatic carboxylic acids is 1. The molecule has 6 heteroatoms. The van der Waals surface area contributed by atoms with Gasteiger partial charge in [-0.15, -0.1) is 0 Å². The molecule has 0 fully saturated rings. The van der Waals surface area contributed by atoms with Crippen molar-refractivity contribution in [3.63, 3.8) is 0 Å². The first kappa shape index (κ1) is 11.9. The number of carbonyl (C=O) groups is 1. The maximum Gasteiger partial charge on any atom is 0.335 e. The average molecular weight is 281 g/mol. The lowest BCUT2D eigenvalue weighted by Crippen LogP contribution is -2.08. The first-order chi connectivity index (χ1) is 7.00. The monoisotopic (exact) mass is 280 g/mol. The second-order valence-corrected chi connectivity index (χ2v) is 3.51. The Balaban J connectivity index is 2.85. The van der Waals surface area contributed by atoms with Crippen molar-refractivity contribution >= 4 is 21.9 Å². The largest absolute Gasteiger partial charge is 0.486 e. The normalized spacial score (nSPS) is 10.4. The maximum absolute atomic E-state index is 11.9. The second-order valence-electron chi connectivity index (χ2n) is 2.65. The molecule has 82 valence electrons. The van der Waals surface area contributed by atoms with Gasteiger partial charge in [0.2, 0.25) is 0 Å². The van der Waals surface area contributed by atoms with Crippen LogP contribution in [0.4, 0.5) is 8.78 Å². The summed E-state index contributed by atoms with van der Waals surface area (Å²) in [4.78, 5) is 10.6. The van der Waals surface area contributed by atoms with E-state index in [9.17, 15) is 13.6 Å². The van der Waals surface area contributed by atoms with Crippen molar-refractivity contribution in [3.05, 3.63) is 28.2 Å². The van der Waals surface area contributed by atoms with Crippen LogP contribution in [0.3, 0.4) is 0 Å². The Morgan fingerprint density at radius 1 is 1.53 bits per heavy atom. The predicted octanol–water partition coefficient (Wildman–Crippen LogP) is 2.79. The van der Waals surface area contributed by atoms with E-state index in [1.807, 2.05) is 0 Å². The highest BCUT2D eigenvalue weighted by Gasteiger charge is 2.10. The molecule has 1 N–H and O–H groups in total. The fourth-order valence-electron chi connectivity index (χ4n) is 0.900. The average Bonchev–Trinajstić information content (AvgIpc) is 2.16. The highest BCUT2D eigenvalue weighted by atomic mass is 79.9. The van der Waals surface area contributed by atoms with Gasteiger partial charge in [0.1, 0.15) is 12.4 Å². The third kappa shape index (κ3) is 3.47. The van der Waals surface area contributed by atoms with Gasteiger partial charge >= 0.3 is 5.97 Å². The third-order valence-corrected chi connectivity index (χ3v) is 2.20. The number of halogens is 3. The van der Waals surface area contributed by atoms with Gasteiger partial charge in [0.05, 0.1) is 10.0 Å². The quantitative estimate of drug-likeness (QED) is 0.923. The van der Waals surface area contributed by atoms with Crippen LogP contribution in [0.5, 0.6) is 5.75 Å². The van der Waals surface area contributed by atoms with Gasteiger partial charge in [-0.1, -0.05) is 0 Å². The fourth-order valence-corrected chi connectivity index (χ4v) is 1.26. The molecule has 0 unspecified atom stereocenters. The molecule has 0 amide bonds. The number of hydrogen-bond donors (Lipinski definition) is 1. The molecule has 15 heavy (non-hydrogen) atoms. The van der Waals surface area contributed by atoms with Crippen LogP contribution >= 0.6 is 15.9 Å². The molecule has 0 atom stereocenters. The van der Waals surface area contributed by atoms with E-state index >= 15 is 0 Å². The van der Waals surface area contributed by atoms with Gasteiger partial charge < -0.3 is 9.84 Å². The molecule has 0 heterocycles. The van der Waals surface area contributed by atoms with Crippen LogP contribution < -0.4 is 4.74 Å². The topological polar surface area (TPSA) is 46.5 Å². The first-order valence-corrected chi connectivity index (χ1v) is 4.74. The summed E-state index contributed by atoms with van der Waals surface area (Å²) in [6, 6.07) is 3.97. The third-order valence-electron chi connectivity index (χ3n) is 1.54. The Bertz CT molecular complexity index is 368. The Kier molecular flexibility index (Phi) is 4.02. The molecule has 0 bridgehead atoms. The van der Waals surface area contributed by atoms with Crippen LogP contribution in [0, 0.1) is 0 Å². The lowest BCUT2D eigenvalue weighted by molar-refractivity contribution is 0.0695. The van der Waals surface area contributed by atoms with E-state index in [0.717, 1.165) is 0 Å². The van der Waals surface area contributed by atoms with E-state index in [4.69, 9.17) is 9.84 Å². The van der Waals surface area contributed by atoms with Crippen molar-refractivity contribution in [1.82, 2.24) is 0 Å². The molecule has 0 aliphatic rings. The van der Waals surface area contributed by atoms with Gasteiger partial charge in [0.25, 0.3) is 6.43 Å². The molecular weight excluding hydrogens is 274 g/mol. The zero-order valence-corrected chi connectivity index (χ0v) is 9.00. The van der Waals surface area contributed by atoms with Gasteiger partial charge in [0, 0.05) is 0 Å². The van der Waals surface area contributed by atoms with Gasteiger partial charge in [-0.2, -0.15) is 0 Å². The first-order valence-electron chi connectivity index (χ1n) is 3.94. The summed E-state index contributed by atoms with van der Waals surface area (Å²) in [6.45, 7) is -0.762. The molecular formula is C9H7BrF2O3. The lowest BCUT2D eigenvalue weighted by Gasteiger charge is -2.08. The Labute approximate surface area is 92.8 Å². The summed E-state index contributed by atoms with van der Waals surface area (Å²) < 4.78 is 28.9. The highest BCUT2D eigenvalue weighted by Crippen LogP contribution is 2.26. The maximum atomic E-state index is 11.9. The molecule has 0 aromatic heterocycles. The van der Waals surface area contributed by atoms with Gasteiger partial charge in [-0.05, 0) is 34.1 Å². The molecule has 3 nitrogen and oxygen atoms in total. The molecule has 1 rings (SSSR count). The van der Waals surface area contributed by atoms with Crippen LogP contribution in [0.25, 0.3) is 0 Å². The van der Waals surface area contributed by atoms with Crippen LogP contribution in [0.2, 0.25) is 0 Å². The fraction of sp³-hybridized carbons (Fsp3) is 0.222. The number of hydrogen-bond acceptors (Lipinski definition) is 2. The summed E-state index contributed by atoms with van der Waals surface area (Å²) >= 11 is 3.07. The number of rotatable bonds is 4. The molecule has 0 aliphatic carbocycles. The molecule has 0 saturated carbocycles. The SMILES string of the molecule is O=C(O)c1ccc(Br)c(OCC(F)F)c1. The van der Waals surface area contributed by atoms with Gasteiger partial charge in [-0.25, -0.2) is 13.6 Å². The van der Waals surface area contributed by atoms with E-state index in [0.29, 0.717) is 4.47 Å². The van der Waals surface area contributed by atoms with Crippen molar-refractivity contribution in [2.45, 2.75) is 6.43 Å². The number of carboxylic acid groups (broad SMARTS) is 1. The van der Waals surface area contributed by atoms with Crippen LogP contribution in [-0.4, -0.2) is 24.1 Å². The van der Waals surface area contributed by atoms with Crippen molar-refractivity contribution in [2.24, 2.45) is 0 Å². The number of alkyl halides is 2. The van der Waals surface area contributed by atoms with Crippen LogP contribution in [0.1, 0.15) is 10.4 Å². The van der Waals surface area contributed by atoms with E-state index in [1.54, 1.807) is 0 Å². The van der Waals surface area contributed by atoms with Crippen molar-refractivity contribution in [1.29, 1.82) is 0 Å². The van der Waals surface area contributed by atoms with Gasteiger partial charge in [0.15, 0.2) is 0 Å². The summed E-state index contributed by atoms with van der Waals surface area (Å²) in [5, 5.41) is 8.66. The Hall–Kier alpha value is -1.17. The predicted molar refractivity (Wildman–Crippen MR) is 52.6 cm³/mol. The molecule has 0 saturated heterocycles. The van der Waals surface area contributed by atoms with Crippen LogP contribution in [0.15, 0.2) is 22.7 Å². The van der Waals surface area contributed by atoms with E-state index in [1.165, 1.54) is 18.2 Å². The molecule has 0 radical (unpaired) electrons. The minimum atomic E-state index is -2.59. The van der Waals surface area contributed by atoms with E-state index in [-0.39, 0.29) is 11.3 Å². The van der Waals surface area contributed by atoms with Crippen molar-refractivity contribution < 1.29 is 23.4 Å². The number of carboxylic acids is 1. The Morgan fingerprint density at radius 3 is 2.73 bits per heavy atom. The van der Waals surface area contributed by atoms with E-state index < -0.39 is 19.0 Å². The highest BCUT2D eigenvalue weighted by molar-refractivity contribution is 9.10. The molecule has 0 spiro atoms. The standard InChI is InChI=1S/C9H7BrF2O3/c10-6-2-1-5(9(13)14)3-7(6)15-4-8(11)12/h1-3,8H,4H2,(H,13,14). The van der Waals surface area contributed by atoms with Crippen molar-refractivity contribution in [3.8, 4) is 5.75 Å². The Morgan fingerprint density at radius 2 is 2.20 bits per heavy atom. The zero-order chi connectivity index (χ0) is 11.4. The summed E-state index contributed by atoms with van der Waals surface area (Å²) in [7, 11) is 0. The summed E-state index contributed by atoms with van der Waals surface area (Å²) in [5.41, 5.74) is -0.0116. The summed E-state index contributed by atoms with van der Waals surface area (Å²) in [6.07, 6.45) is -2.59. The summed E-state index contributed by atoms with van der Waals surface area (Å²) in [5.74, 6) is -1.04. The van der Waals surface area contributed by atoms with E-state index in [2.05, 4.69) is 15.9 Å². The van der Waals surface area contributed by atoms with Crippen LogP contribution in [-0.2, 0) is 0 Å². The lowest BCUT2D eigenvalue weighted by atomic mass is 10.2. The van der Waals surface area contributed by atoms with Gasteiger partial charge in [-0.3, -0.25) is 0 Å². The molecule has 1 aromatic carbocycles. The number of benzene rings is 1. The zero-order valence-electron chi connectivity index (χ0n) is 7.41.